The molecule has 1 aliphatic rings. The normalized spacial score (nSPS) is 16.8. The van der Waals surface area contributed by atoms with Crippen LogP contribution in [0.1, 0.15) is 23.6 Å². The first-order valence-corrected chi connectivity index (χ1v) is 10.3. The van der Waals surface area contributed by atoms with Crippen LogP contribution in [0.5, 0.6) is 11.5 Å². The first-order valence-electron chi connectivity index (χ1n) is 8.90. The van der Waals surface area contributed by atoms with Crippen molar-refractivity contribution in [2.75, 3.05) is 27.9 Å². The first kappa shape index (κ1) is 21.1. The Bertz CT molecular complexity index is 1010. The van der Waals surface area contributed by atoms with E-state index in [1.807, 2.05) is 0 Å². The number of rotatable bonds is 6. The summed E-state index contributed by atoms with van der Waals surface area (Å²) in [6.45, 7) is 0.157. The summed E-state index contributed by atoms with van der Waals surface area (Å²) >= 11 is 0. The maximum atomic E-state index is 13.3. The molecule has 0 N–H and O–H groups in total. The molecule has 0 aromatic heterocycles. The van der Waals surface area contributed by atoms with Crippen molar-refractivity contribution in [3.8, 4) is 11.5 Å². The number of hydrogen-bond acceptors (Lipinski definition) is 6. The fourth-order valence-corrected chi connectivity index (χ4v) is 5.09. The van der Waals surface area contributed by atoms with Gasteiger partial charge in [0.05, 0.1) is 38.7 Å². The van der Waals surface area contributed by atoms with Gasteiger partial charge in [0.1, 0.15) is 5.82 Å². The van der Waals surface area contributed by atoms with Crippen LogP contribution in [0, 0.1) is 5.82 Å². The van der Waals surface area contributed by atoms with Gasteiger partial charge in [-0.1, -0.05) is 0 Å². The largest absolute Gasteiger partial charge is 0.493 e. The number of methoxy groups -OCH3 is 3. The van der Waals surface area contributed by atoms with Gasteiger partial charge in [0, 0.05) is 6.54 Å². The van der Waals surface area contributed by atoms with E-state index in [2.05, 4.69) is 0 Å². The molecule has 1 aliphatic heterocycles. The molecule has 0 unspecified atom stereocenters. The van der Waals surface area contributed by atoms with Gasteiger partial charge in [-0.2, -0.15) is 4.31 Å². The van der Waals surface area contributed by atoms with Gasteiger partial charge in [0.15, 0.2) is 11.5 Å². The van der Waals surface area contributed by atoms with Crippen LogP contribution in [-0.4, -0.2) is 46.6 Å². The number of halogens is 1. The Labute approximate surface area is 169 Å². The highest BCUT2D eigenvalue weighted by molar-refractivity contribution is 7.89. The molecule has 0 saturated carbocycles. The Morgan fingerprint density at radius 2 is 1.72 bits per heavy atom. The Morgan fingerprint density at radius 3 is 2.31 bits per heavy atom. The fraction of sp³-hybridized carbons (Fsp3) is 0.350. The van der Waals surface area contributed by atoms with Crippen molar-refractivity contribution in [2.45, 2.75) is 23.8 Å². The van der Waals surface area contributed by atoms with Crippen molar-refractivity contribution in [3.05, 3.63) is 53.3 Å². The van der Waals surface area contributed by atoms with Gasteiger partial charge in [-0.3, -0.25) is 4.79 Å². The highest BCUT2D eigenvalue weighted by Crippen LogP contribution is 2.41. The number of carbonyl (C=O) groups is 1. The SMILES string of the molecule is COC(=O)C[C@@H]1c2cc(OC)c(OC)cc2CCN1S(=O)(=O)c1ccc(F)cc1. The molecule has 29 heavy (non-hydrogen) atoms. The van der Waals surface area contributed by atoms with E-state index in [0.29, 0.717) is 23.5 Å². The number of esters is 1. The summed E-state index contributed by atoms with van der Waals surface area (Å²) in [7, 11) is 0.276. The minimum Gasteiger partial charge on any atom is -0.493 e. The summed E-state index contributed by atoms with van der Waals surface area (Å²) < 4.78 is 56.5. The molecule has 9 heteroatoms. The molecule has 1 atom stereocenters. The molecule has 0 aliphatic carbocycles. The molecular formula is C20H22FNO6S. The van der Waals surface area contributed by atoms with Crippen LogP contribution in [-0.2, 0) is 26.0 Å². The maximum Gasteiger partial charge on any atom is 0.307 e. The van der Waals surface area contributed by atoms with Crippen LogP contribution in [0.4, 0.5) is 4.39 Å². The number of fused-ring (bicyclic) bond motifs is 1. The standard InChI is InChI=1S/C20H22FNO6S/c1-26-18-10-13-8-9-22(29(24,25)15-6-4-14(21)5-7-15)17(12-20(23)28-3)16(13)11-19(18)27-2/h4-7,10-11,17H,8-9,12H2,1-3H3/t17-/m1/s1. The third-order valence-corrected chi connectivity index (χ3v) is 6.88. The number of benzene rings is 2. The number of sulfonamides is 1. The highest BCUT2D eigenvalue weighted by Gasteiger charge is 2.38. The Morgan fingerprint density at radius 1 is 1.10 bits per heavy atom. The van der Waals surface area contributed by atoms with E-state index < -0.39 is 27.9 Å². The number of ether oxygens (including phenoxy) is 3. The average molecular weight is 423 g/mol. The minimum absolute atomic E-state index is 0.0438. The molecule has 156 valence electrons. The smallest absolute Gasteiger partial charge is 0.307 e. The van der Waals surface area contributed by atoms with Crippen molar-refractivity contribution < 1.29 is 31.8 Å². The lowest BCUT2D eigenvalue weighted by Crippen LogP contribution is -2.41. The van der Waals surface area contributed by atoms with Crippen molar-refractivity contribution in [3.63, 3.8) is 0 Å². The number of hydrogen-bond donors (Lipinski definition) is 0. The lowest BCUT2D eigenvalue weighted by Gasteiger charge is -2.36. The molecule has 0 fully saturated rings. The van der Waals surface area contributed by atoms with E-state index >= 15 is 0 Å². The molecule has 7 nitrogen and oxygen atoms in total. The predicted molar refractivity (Wildman–Crippen MR) is 103 cm³/mol. The lowest BCUT2D eigenvalue weighted by atomic mass is 9.91. The van der Waals surface area contributed by atoms with E-state index in [1.54, 1.807) is 12.1 Å². The van der Waals surface area contributed by atoms with Crippen LogP contribution in [0.2, 0.25) is 0 Å². The average Bonchev–Trinajstić information content (AvgIpc) is 2.72. The zero-order chi connectivity index (χ0) is 21.2. The third-order valence-electron chi connectivity index (χ3n) is 4.96. The van der Waals surface area contributed by atoms with Crippen LogP contribution in [0.15, 0.2) is 41.3 Å². The third kappa shape index (κ3) is 4.06. The number of carbonyl (C=O) groups excluding carboxylic acids is 1. The molecule has 3 rings (SSSR count). The van der Waals surface area contributed by atoms with E-state index in [4.69, 9.17) is 14.2 Å². The molecule has 0 saturated heterocycles. The van der Waals surface area contributed by atoms with Gasteiger partial charge in [-0.05, 0) is 53.9 Å². The van der Waals surface area contributed by atoms with Gasteiger partial charge in [-0.25, -0.2) is 12.8 Å². The summed E-state index contributed by atoms with van der Waals surface area (Å²) in [4.78, 5) is 12.0. The lowest BCUT2D eigenvalue weighted by molar-refractivity contribution is -0.141. The molecule has 2 aromatic carbocycles. The van der Waals surface area contributed by atoms with Crippen molar-refractivity contribution in [1.29, 1.82) is 0 Å². The monoisotopic (exact) mass is 423 g/mol. The molecule has 2 aromatic rings. The summed E-state index contributed by atoms with van der Waals surface area (Å²) in [5, 5.41) is 0. The van der Waals surface area contributed by atoms with E-state index in [9.17, 15) is 17.6 Å². The van der Waals surface area contributed by atoms with E-state index in [1.165, 1.54) is 37.8 Å². The Hall–Kier alpha value is -2.65. The summed E-state index contributed by atoms with van der Waals surface area (Å²) in [6, 6.07) is 7.30. The van der Waals surface area contributed by atoms with Crippen molar-refractivity contribution in [2.24, 2.45) is 0 Å². The molecule has 0 radical (unpaired) electrons. The predicted octanol–water partition coefficient (Wildman–Crippen LogP) is 2.69. The van der Waals surface area contributed by atoms with Crippen LogP contribution in [0.3, 0.4) is 0 Å². The Kier molecular flexibility index (Phi) is 6.09. The van der Waals surface area contributed by atoms with Crippen LogP contribution < -0.4 is 9.47 Å². The van der Waals surface area contributed by atoms with Gasteiger partial charge in [0.2, 0.25) is 10.0 Å². The Balaban J connectivity index is 2.11. The van der Waals surface area contributed by atoms with E-state index in [0.717, 1.165) is 17.7 Å². The quantitative estimate of drug-likeness (QED) is 0.665. The second-order valence-electron chi connectivity index (χ2n) is 6.52. The molecule has 0 spiro atoms. The summed E-state index contributed by atoms with van der Waals surface area (Å²) in [5.41, 5.74) is 1.51. The van der Waals surface area contributed by atoms with Crippen molar-refractivity contribution in [1.82, 2.24) is 4.31 Å². The second kappa shape index (κ2) is 8.38. The summed E-state index contributed by atoms with van der Waals surface area (Å²) in [6.07, 6.45) is 0.257. The molecular weight excluding hydrogens is 401 g/mol. The van der Waals surface area contributed by atoms with Crippen molar-refractivity contribution >= 4 is 16.0 Å². The topological polar surface area (TPSA) is 82.1 Å². The zero-order valence-electron chi connectivity index (χ0n) is 16.3. The molecule has 0 bridgehead atoms. The maximum absolute atomic E-state index is 13.3. The van der Waals surface area contributed by atoms with Crippen LogP contribution >= 0.6 is 0 Å². The molecule has 0 amide bonds. The van der Waals surface area contributed by atoms with Gasteiger partial charge in [-0.15, -0.1) is 0 Å². The van der Waals surface area contributed by atoms with Gasteiger partial charge < -0.3 is 14.2 Å². The minimum atomic E-state index is -3.97. The second-order valence-corrected chi connectivity index (χ2v) is 8.41. The zero-order valence-corrected chi connectivity index (χ0v) is 17.2. The van der Waals surface area contributed by atoms with E-state index in [-0.39, 0.29) is 17.9 Å². The first-order chi connectivity index (χ1) is 13.8. The van der Waals surface area contributed by atoms with Gasteiger partial charge >= 0.3 is 5.97 Å². The fourth-order valence-electron chi connectivity index (χ4n) is 3.49. The highest BCUT2D eigenvalue weighted by atomic mass is 32.2. The summed E-state index contributed by atoms with van der Waals surface area (Å²) in [5.74, 6) is -0.118. The van der Waals surface area contributed by atoms with Crippen LogP contribution in [0.25, 0.3) is 0 Å². The van der Waals surface area contributed by atoms with Gasteiger partial charge in [0.25, 0.3) is 0 Å². The molecule has 1 heterocycles. The number of nitrogens with zero attached hydrogens (tertiary/aromatic N) is 1.